The van der Waals surface area contributed by atoms with Gasteiger partial charge in [-0.25, -0.2) is 18.7 Å². The summed E-state index contributed by atoms with van der Waals surface area (Å²) in [5.74, 6) is -1.37. The van der Waals surface area contributed by atoms with Crippen LogP contribution in [-0.4, -0.2) is 41.3 Å². The summed E-state index contributed by atoms with van der Waals surface area (Å²) >= 11 is 0.844. The minimum absolute atomic E-state index is 0.0131. The Bertz CT molecular complexity index is 2010. The molecule has 0 bridgehead atoms. The van der Waals surface area contributed by atoms with Crippen molar-refractivity contribution >= 4 is 50.0 Å². The van der Waals surface area contributed by atoms with E-state index in [0.29, 0.717) is 49.9 Å². The van der Waals surface area contributed by atoms with Gasteiger partial charge in [0.05, 0.1) is 34.9 Å². The minimum atomic E-state index is -2.86. The molecule has 10 nitrogen and oxygen atoms in total. The van der Waals surface area contributed by atoms with E-state index in [9.17, 15) is 18.4 Å². The molecule has 6 rings (SSSR count). The van der Waals surface area contributed by atoms with Crippen molar-refractivity contribution in [2.75, 3.05) is 5.32 Å². The zero-order chi connectivity index (χ0) is 29.0. The Balaban J connectivity index is 1.57. The number of primary amides is 1. The number of nitrogens with two attached hydrogens (primary N) is 1. The molecule has 0 unspecified atom stereocenters. The molecule has 5 heterocycles. The molecular weight excluding hydrogens is 550 g/mol. The normalized spacial score (nSPS) is 11.6. The molecule has 206 valence electrons. The van der Waals surface area contributed by atoms with E-state index in [4.69, 9.17) is 10.7 Å². The molecule has 0 radical (unpaired) electrons. The van der Waals surface area contributed by atoms with Crippen LogP contribution in [0.3, 0.4) is 0 Å². The van der Waals surface area contributed by atoms with Gasteiger partial charge in [0.25, 0.3) is 18.2 Å². The van der Waals surface area contributed by atoms with Crippen LogP contribution >= 0.6 is 11.3 Å². The number of carbonyl (C=O) groups excluding carboxylic acids is 2. The molecule has 5 aromatic heterocycles. The number of alkyl halides is 2. The third-order valence-corrected chi connectivity index (χ3v) is 7.95. The van der Waals surface area contributed by atoms with Crippen LogP contribution in [0.25, 0.3) is 43.5 Å². The van der Waals surface area contributed by atoms with Gasteiger partial charge in [-0.3, -0.25) is 19.0 Å². The molecular formula is C28H22F2N8O2S. The third kappa shape index (κ3) is 4.49. The second-order valence-electron chi connectivity index (χ2n) is 9.44. The molecule has 0 aliphatic rings. The van der Waals surface area contributed by atoms with E-state index in [1.807, 2.05) is 6.07 Å². The summed E-state index contributed by atoms with van der Waals surface area (Å²) < 4.78 is 31.0. The molecule has 0 aliphatic carbocycles. The highest BCUT2D eigenvalue weighted by Crippen LogP contribution is 2.43. The summed E-state index contributed by atoms with van der Waals surface area (Å²) in [7, 11) is 3.50. The molecule has 0 saturated carbocycles. The number of anilines is 1. The van der Waals surface area contributed by atoms with Crippen molar-refractivity contribution in [3.8, 4) is 22.4 Å². The Morgan fingerprint density at radius 2 is 1.83 bits per heavy atom. The molecule has 2 amide bonds. The number of aromatic nitrogens is 6. The summed E-state index contributed by atoms with van der Waals surface area (Å²) in [6.07, 6.45) is 2.11. The minimum Gasteiger partial charge on any atom is -0.365 e. The van der Waals surface area contributed by atoms with Gasteiger partial charge in [0.1, 0.15) is 15.4 Å². The quantitative estimate of drug-likeness (QED) is 0.280. The lowest BCUT2D eigenvalue weighted by Gasteiger charge is -2.12. The third-order valence-electron chi connectivity index (χ3n) is 6.85. The van der Waals surface area contributed by atoms with Gasteiger partial charge in [-0.15, -0.1) is 11.3 Å². The number of carbonyl (C=O) groups is 2. The number of thiophene rings is 1. The number of hydrogen-bond donors (Lipinski definition) is 2. The van der Waals surface area contributed by atoms with Crippen molar-refractivity contribution in [2.45, 2.75) is 13.3 Å². The summed E-state index contributed by atoms with van der Waals surface area (Å²) in [6.45, 7) is 1.79. The number of rotatable bonds is 6. The van der Waals surface area contributed by atoms with Crippen molar-refractivity contribution in [2.24, 2.45) is 19.8 Å². The first-order valence-corrected chi connectivity index (χ1v) is 13.2. The summed E-state index contributed by atoms with van der Waals surface area (Å²) in [4.78, 5) is 35.5. The number of nitrogens with zero attached hydrogens (tertiary/aromatic N) is 6. The van der Waals surface area contributed by atoms with Crippen LogP contribution in [0, 0.1) is 6.92 Å². The number of nitrogens with one attached hydrogen (secondary N) is 1. The SMILES string of the molecule is Cc1c(-c2cc(C(F)F)nc3sc(C(N)=O)c(NC(=O)c4cc(-c5cnn(C)c5)nc5ccccc45)c23)cnn1C. The number of fused-ring (bicyclic) bond motifs is 2. The van der Waals surface area contributed by atoms with E-state index < -0.39 is 23.9 Å². The largest absolute Gasteiger partial charge is 0.365 e. The molecule has 0 saturated heterocycles. The van der Waals surface area contributed by atoms with Gasteiger partial charge < -0.3 is 11.1 Å². The topological polar surface area (TPSA) is 134 Å². The highest BCUT2D eigenvalue weighted by atomic mass is 32.1. The lowest BCUT2D eigenvalue weighted by molar-refractivity contribution is 0.100. The fourth-order valence-corrected chi connectivity index (χ4v) is 5.76. The van der Waals surface area contributed by atoms with Gasteiger partial charge in [-0.2, -0.15) is 10.2 Å². The Kier molecular flexibility index (Phi) is 6.30. The number of pyridine rings is 2. The van der Waals surface area contributed by atoms with Crippen molar-refractivity contribution in [3.05, 3.63) is 76.8 Å². The zero-order valence-electron chi connectivity index (χ0n) is 22.0. The fraction of sp³-hybridized carbons (Fsp3) is 0.143. The van der Waals surface area contributed by atoms with E-state index in [1.165, 1.54) is 6.07 Å². The second-order valence-corrected chi connectivity index (χ2v) is 10.4. The van der Waals surface area contributed by atoms with E-state index in [0.717, 1.165) is 11.3 Å². The maximum absolute atomic E-state index is 14.0. The number of hydrogen-bond acceptors (Lipinski definition) is 7. The van der Waals surface area contributed by atoms with E-state index in [2.05, 4.69) is 20.5 Å². The van der Waals surface area contributed by atoms with Gasteiger partial charge in [-0.05, 0) is 30.7 Å². The highest BCUT2D eigenvalue weighted by molar-refractivity contribution is 7.21. The molecule has 41 heavy (non-hydrogen) atoms. The number of aryl methyl sites for hydroxylation is 2. The molecule has 0 spiro atoms. The average Bonchev–Trinajstić information content (AvgIpc) is 3.64. The average molecular weight is 573 g/mol. The monoisotopic (exact) mass is 572 g/mol. The predicted octanol–water partition coefficient (Wildman–Crippen LogP) is 5.24. The van der Waals surface area contributed by atoms with E-state index in [1.54, 1.807) is 73.2 Å². The van der Waals surface area contributed by atoms with E-state index >= 15 is 0 Å². The summed E-state index contributed by atoms with van der Waals surface area (Å²) in [6, 6.07) is 10.1. The molecule has 0 fully saturated rings. The van der Waals surface area contributed by atoms with Crippen LogP contribution in [-0.2, 0) is 14.1 Å². The summed E-state index contributed by atoms with van der Waals surface area (Å²) in [5, 5.41) is 12.2. The van der Waals surface area contributed by atoms with Crippen molar-refractivity contribution in [3.63, 3.8) is 0 Å². The van der Waals surface area contributed by atoms with Gasteiger partial charge in [-0.1, -0.05) is 18.2 Å². The van der Waals surface area contributed by atoms with Crippen molar-refractivity contribution in [1.82, 2.24) is 29.5 Å². The van der Waals surface area contributed by atoms with Crippen LogP contribution < -0.4 is 11.1 Å². The first-order chi connectivity index (χ1) is 19.6. The molecule has 0 atom stereocenters. The van der Waals surface area contributed by atoms with Gasteiger partial charge >= 0.3 is 0 Å². The van der Waals surface area contributed by atoms with Crippen LogP contribution in [0.4, 0.5) is 14.5 Å². The molecule has 1 aromatic carbocycles. The Morgan fingerprint density at radius 1 is 1.05 bits per heavy atom. The number of para-hydroxylation sites is 1. The molecule has 6 aromatic rings. The van der Waals surface area contributed by atoms with Crippen LogP contribution in [0.1, 0.15) is 37.8 Å². The first kappa shape index (κ1) is 26.2. The second kappa shape index (κ2) is 9.86. The maximum Gasteiger partial charge on any atom is 0.280 e. The van der Waals surface area contributed by atoms with Crippen molar-refractivity contribution < 1.29 is 18.4 Å². The lowest BCUT2D eigenvalue weighted by atomic mass is 10.0. The van der Waals surface area contributed by atoms with Crippen LogP contribution in [0.15, 0.2) is 55.0 Å². The van der Waals surface area contributed by atoms with Crippen LogP contribution in [0.5, 0.6) is 0 Å². The number of halogens is 2. The zero-order valence-corrected chi connectivity index (χ0v) is 22.8. The number of benzene rings is 1. The Labute approximate surface area is 235 Å². The molecule has 13 heteroatoms. The first-order valence-electron chi connectivity index (χ1n) is 12.4. The Hall–Kier alpha value is -5.04. The fourth-order valence-electron chi connectivity index (χ4n) is 4.74. The standard InChI is InChI=1S/C28H22F2N8O2S/c1-13-18(11-33-38(13)3)16-8-21(25(29)30)35-28-22(16)23(24(41-28)26(31)39)36-27(40)17-9-20(14-10-32-37(2)12-14)34-19-7-5-4-6-15(17)19/h4-12,25H,1-3H3,(H2,31,39)(H,36,40). The van der Waals surface area contributed by atoms with Crippen LogP contribution in [0.2, 0.25) is 0 Å². The number of amides is 2. The smallest absolute Gasteiger partial charge is 0.280 e. The van der Waals surface area contributed by atoms with Crippen molar-refractivity contribution in [1.29, 1.82) is 0 Å². The highest BCUT2D eigenvalue weighted by Gasteiger charge is 2.27. The summed E-state index contributed by atoms with van der Waals surface area (Å²) in [5.41, 5.74) is 9.07. The predicted molar refractivity (Wildman–Crippen MR) is 152 cm³/mol. The van der Waals surface area contributed by atoms with E-state index in [-0.39, 0.29) is 15.4 Å². The lowest BCUT2D eigenvalue weighted by Crippen LogP contribution is -2.17. The Morgan fingerprint density at radius 3 is 2.49 bits per heavy atom. The molecule has 0 aliphatic heterocycles. The maximum atomic E-state index is 14.0. The van der Waals surface area contributed by atoms with Gasteiger partial charge in [0, 0.05) is 47.9 Å². The van der Waals surface area contributed by atoms with Gasteiger partial charge in [0.2, 0.25) is 0 Å². The molecule has 3 N–H and O–H groups in total. The van der Waals surface area contributed by atoms with Gasteiger partial charge in [0.15, 0.2) is 0 Å².